The van der Waals surface area contributed by atoms with Crippen LogP contribution in [0.15, 0.2) is 72.3 Å². The number of hydrogen-bond acceptors (Lipinski definition) is 5. The van der Waals surface area contributed by atoms with Crippen molar-refractivity contribution < 1.29 is 24.2 Å². The first-order valence-corrected chi connectivity index (χ1v) is 11.2. The molecule has 0 aliphatic heterocycles. The van der Waals surface area contributed by atoms with Crippen LogP contribution in [0.1, 0.15) is 31.4 Å². The van der Waals surface area contributed by atoms with Gasteiger partial charge in [0.05, 0.1) is 31.5 Å². The Hall–Kier alpha value is -2.60. The van der Waals surface area contributed by atoms with Crippen LogP contribution in [0, 0.1) is 17.8 Å². The number of rotatable bonds is 7. The molecule has 168 valence electrons. The fourth-order valence-electron chi connectivity index (χ4n) is 5.12. The first-order chi connectivity index (χ1) is 15.5. The Balaban J connectivity index is 1.61. The minimum atomic E-state index is -0.859. The molecule has 0 bridgehead atoms. The average molecular weight is 435 g/mol. The van der Waals surface area contributed by atoms with Crippen LogP contribution in [0.4, 0.5) is 0 Å². The lowest BCUT2D eigenvalue weighted by Crippen LogP contribution is -2.58. The van der Waals surface area contributed by atoms with Crippen molar-refractivity contribution in [2.75, 3.05) is 0 Å². The highest BCUT2D eigenvalue weighted by atomic mass is 16.5. The maximum atomic E-state index is 12.4. The molecule has 5 heteroatoms. The lowest BCUT2D eigenvalue weighted by Gasteiger charge is -2.50. The van der Waals surface area contributed by atoms with E-state index in [-0.39, 0.29) is 35.9 Å². The summed E-state index contributed by atoms with van der Waals surface area (Å²) in [6.45, 7) is 4.22. The Morgan fingerprint density at radius 3 is 2.00 bits per heavy atom. The number of ketones is 2. The molecule has 0 spiro atoms. The fraction of sp³-hybridized carbons (Fsp3) is 0.407. The van der Waals surface area contributed by atoms with Gasteiger partial charge < -0.3 is 14.6 Å². The summed E-state index contributed by atoms with van der Waals surface area (Å²) in [4.78, 5) is 24.8. The SMILES string of the molecule is CC(=O)C1=CC(=O)C[C@H]2[C@@H](O)[C@H](OCc3ccccc3)[C@H](C)[C@@H](OCc3ccccc3)[C@@H]12. The molecule has 4 rings (SSSR count). The summed E-state index contributed by atoms with van der Waals surface area (Å²) in [5.41, 5.74) is 2.50. The molecule has 0 aromatic heterocycles. The fourth-order valence-corrected chi connectivity index (χ4v) is 5.12. The lowest BCUT2D eigenvalue weighted by atomic mass is 9.62. The smallest absolute Gasteiger partial charge is 0.156 e. The lowest BCUT2D eigenvalue weighted by molar-refractivity contribution is -0.188. The number of hydrogen-bond donors (Lipinski definition) is 1. The summed E-state index contributed by atoms with van der Waals surface area (Å²) in [6.07, 6.45) is -0.0788. The minimum Gasteiger partial charge on any atom is -0.390 e. The molecule has 1 saturated carbocycles. The highest BCUT2D eigenvalue weighted by molar-refractivity contribution is 6.03. The zero-order chi connectivity index (χ0) is 22.7. The van der Waals surface area contributed by atoms with Crippen LogP contribution in [0.25, 0.3) is 0 Å². The summed E-state index contributed by atoms with van der Waals surface area (Å²) >= 11 is 0. The zero-order valence-electron chi connectivity index (χ0n) is 18.5. The second-order valence-corrected chi connectivity index (χ2v) is 8.89. The maximum absolute atomic E-state index is 12.4. The maximum Gasteiger partial charge on any atom is 0.156 e. The van der Waals surface area contributed by atoms with E-state index in [9.17, 15) is 14.7 Å². The van der Waals surface area contributed by atoms with E-state index >= 15 is 0 Å². The molecule has 2 aliphatic rings. The van der Waals surface area contributed by atoms with Crippen molar-refractivity contribution in [3.05, 3.63) is 83.4 Å². The number of fused-ring (bicyclic) bond motifs is 1. The highest BCUT2D eigenvalue weighted by Gasteiger charge is 2.53. The normalized spacial score (nSPS) is 29.8. The van der Waals surface area contributed by atoms with Crippen LogP contribution in [-0.2, 0) is 32.3 Å². The van der Waals surface area contributed by atoms with Gasteiger partial charge in [-0.05, 0) is 24.1 Å². The van der Waals surface area contributed by atoms with Crippen LogP contribution >= 0.6 is 0 Å². The number of allylic oxidation sites excluding steroid dienone is 1. The van der Waals surface area contributed by atoms with Gasteiger partial charge in [-0.25, -0.2) is 0 Å². The number of aliphatic hydroxyl groups excluding tert-OH is 1. The zero-order valence-corrected chi connectivity index (χ0v) is 18.5. The molecule has 6 atom stereocenters. The van der Waals surface area contributed by atoms with Gasteiger partial charge in [0.25, 0.3) is 0 Å². The van der Waals surface area contributed by atoms with Gasteiger partial charge in [-0.3, -0.25) is 9.59 Å². The third-order valence-corrected chi connectivity index (χ3v) is 6.72. The second kappa shape index (κ2) is 9.90. The van der Waals surface area contributed by atoms with Crippen LogP contribution in [0.3, 0.4) is 0 Å². The van der Waals surface area contributed by atoms with E-state index < -0.39 is 18.1 Å². The van der Waals surface area contributed by atoms with Crippen LogP contribution < -0.4 is 0 Å². The highest BCUT2D eigenvalue weighted by Crippen LogP contribution is 2.46. The van der Waals surface area contributed by atoms with E-state index in [2.05, 4.69) is 0 Å². The number of Topliss-reactive ketones (excluding diaryl/α,β-unsaturated/α-hetero) is 1. The predicted octanol–water partition coefficient (Wildman–Crippen LogP) is 3.89. The molecular formula is C27H30O5. The molecule has 2 aromatic rings. The summed E-state index contributed by atoms with van der Waals surface area (Å²) in [5.74, 6) is -1.20. The monoisotopic (exact) mass is 434 g/mol. The van der Waals surface area contributed by atoms with Crippen molar-refractivity contribution in [1.82, 2.24) is 0 Å². The van der Waals surface area contributed by atoms with Crippen LogP contribution in [-0.4, -0.2) is 35.0 Å². The third kappa shape index (κ3) is 4.75. The second-order valence-electron chi connectivity index (χ2n) is 8.89. The first-order valence-electron chi connectivity index (χ1n) is 11.2. The number of carbonyl (C=O) groups excluding carboxylic acids is 2. The van der Waals surface area contributed by atoms with Gasteiger partial charge in [-0.2, -0.15) is 0 Å². The number of benzene rings is 2. The van der Waals surface area contributed by atoms with Crippen molar-refractivity contribution in [1.29, 1.82) is 0 Å². The molecule has 2 aromatic carbocycles. The molecule has 0 unspecified atom stereocenters. The molecule has 0 radical (unpaired) electrons. The van der Waals surface area contributed by atoms with E-state index in [1.807, 2.05) is 67.6 Å². The summed E-state index contributed by atoms with van der Waals surface area (Å²) in [6, 6.07) is 19.7. The predicted molar refractivity (Wildman–Crippen MR) is 121 cm³/mol. The van der Waals surface area contributed by atoms with Crippen LogP contribution in [0.5, 0.6) is 0 Å². The summed E-state index contributed by atoms with van der Waals surface area (Å²) in [5, 5.41) is 11.3. The van der Waals surface area contributed by atoms with Gasteiger partial charge in [-0.1, -0.05) is 67.6 Å². The molecule has 1 fully saturated rings. The summed E-state index contributed by atoms with van der Waals surface area (Å²) < 4.78 is 12.6. The van der Waals surface area contributed by atoms with Gasteiger partial charge in [0.2, 0.25) is 0 Å². The van der Waals surface area contributed by atoms with Crippen molar-refractivity contribution in [3.8, 4) is 0 Å². The summed E-state index contributed by atoms with van der Waals surface area (Å²) in [7, 11) is 0. The van der Waals surface area contributed by atoms with Gasteiger partial charge in [-0.15, -0.1) is 0 Å². The molecule has 5 nitrogen and oxygen atoms in total. The van der Waals surface area contributed by atoms with Gasteiger partial charge in [0, 0.05) is 29.7 Å². The van der Waals surface area contributed by atoms with Gasteiger partial charge in [0.1, 0.15) is 0 Å². The van der Waals surface area contributed by atoms with E-state index in [0.29, 0.717) is 18.8 Å². The Morgan fingerprint density at radius 1 is 0.938 bits per heavy atom. The molecule has 32 heavy (non-hydrogen) atoms. The van der Waals surface area contributed by atoms with E-state index in [0.717, 1.165) is 11.1 Å². The van der Waals surface area contributed by atoms with E-state index in [1.54, 1.807) is 0 Å². The largest absolute Gasteiger partial charge is 0.390 e. The van der Waals surface area contributed by atoms with E-state index in [4.69, 9.17) is 9.47 Å². The van der Waals surface area contributed by atoms with Crippen LogP contribution in [0.2, 0.25) is 0 Å². The average Bonchev–Trinajstić information content (AvgIpc) is 2.80. The quantitative estimate of drug-likeness (QED) is 0.716. The van der Waals surface area contributed by atoms with Gasteiger partial charge in [0.15, 0.2) is 11.6 Å². The molecule has 2 aliphatic carbocycles. The number of aliphatic hydroxyl groups is 1. The standard InChI is InChI=1S/C27H30O5/c1-17-26(31-15-19-9-5-3-6-10-19)24-22(18(2)28)13-21(29)14-23(24)25(30)27(17)32-16-20-11-7-4-8-12-20/h3-13,17,23-27,30H,14-16H2,1-2H3/t17-,23-,24+,25-,26-,27-/m1/s1. The Kier molecular flexibility index (Phi) is 6.99. The molecule has 0 heterocycles. The topological polar surface area (TPSA) is 72.8 Å². The van der Waals surface area contributed by atoms with Gasteiger partial charge >= 0.3 is 0 Å². The third-order valence-electron chi connectivity index (χ3n) is 6.72. The molecule has 0 saturated heterocycles. The van der Waals surface area contributed by atoms with Crippen molar-refractivity contribution in [2.45, 2.75) is 51.8 Å². The molecular weight excluding hydrogens is 404 g/mol. The van der Waals surface area contributed by atoms with Crippen molar-refractivity contribution in [3.63, 3.8) is 0 Å². The minimum absolute atomic E-state index is 0.131. The Bertz CT molecular complexity index is 968. The Labute approximate surface area is 189 Å². The van der Waals surface area contributed by atoms with E-state index in [1.165, 1.54) is 13.0 Å². The molecule has 0 amide bonds. The Morgan fingerprint density at radius 2 is 1.47 bits per heavy atom. The van der Waals surface area contributed by atoms with Crippen molar-refractivity contribution in [2.24, 2.45) is 17.8 Å². The number of ether oxygens (including phenoxy) is 2. The molecule has 1 N–H and O–H groups in total. The first kappa shape index (κ1) is 22.6. The number of carbonyl (C=O) groups is 2. The van der Waals surface area contributed by atoms with Crippen molar-refractivity contribution >= 4 is 11.6 Å².